The van der Waals surface area contributed by atoms with Crippen molar-refractivity contribution in [1.82, 2.24) is 0 Å². The van der Waals surface area contributed by atoms with Crippen LogP contribution in [0.4, 0.5) is 0 Å². The molecule has 2 aromatic carbocycles. The van der Waals surface area contributed by atoms with E-state index >= 15 is 0 Å². The first-order chi connectivity index (χ1) is 11.8. The Balaban J connectivity index is 1.66. The molecule has 0 saturated carbocycles. The molecular formula is C24H30. The van der Waals surface area contributed by atoms with E-state index in [0.717, 1.165) is 25.7 Å². The van der Waals surface area contributed by atoms with Crippen molar-refractivity contribution >= 4 is 0 Å². The second-order valence-corrected chi connectivity index (χ2v) is 6.62. The molecule has 2 unspecified atom stereocenters. The van der Waals surface area contributed by atoms with Crippen molar-refractivity contribution in [2.75, 3.05) is 0 Å². The molecule has 0 fully saturated rings. The number of allylic oxidation sites excluding steroid dienone is 4. The van der Waals surface area contributed by atoms with Gasteiger partial charge in [-0.3, -0.25) is 0 Å². The smallest absolute Gasteiger partial charge is 0.0202 e. The minimum atomic E-state index is 0.591. The first kappa shape index (κ1) is 18.3. The fourth-order valence-corrected chi connectivity index (χ4v) is 2.76. The Kier molecular flexibility index (Phi) is 8.10. The number of benzene rings is 2. The van der Waals surface area contributed by atoms with Crippen LogP contribution in [0.5, 0.6) is 0 Å². The molecule has 0 spiro atoms. The van der Waals surface area contributed by atoms with E-state index in [1.54, 1.807) is 0 Å². The molecule has 126 valence electrons. The summed E-state index contributed by atoms with van der Waals surface area (Å²) < 4.78 is 0. The summed E-state index contributed by atoms with van der Waals surface area (Å²) in [6.45, 7) is 4.62. The standard InChI is InChI=1S/C24H30/c1-21(13-9-11-19-23-15-5-3-6-16-23)22(2)14-10-12-20-24-17-7-4-8-18-24/h3-10,13-18,21-22H,11-12,19-20H2,1-2H3/b13-9+,14-10+. The van der Waals surface area contributed by atoms with Gasteiger partial charge in [-0.2, -0.15) is 0 Å². The van der Waals surface area contributed by atoms with Crippen molar-refractivity contribution in [3.05, 3.63) is 96.1 Å². The van der Waals surface area contributed by atoms with Crippen LogP contribution in [0, 0.1) is 11.8 Å². The minimum Gasteiger partial charge on any atom is -0.0879 e. The normalized spacial score (nSPS) is 14.2. The van der Waals surface area contributed by atoms with E-state index in [0.29, 0.717) is 11.8 Å². The summed E-state index contributed by atoms with van der Waals surface area (Å²) in [5, 5.41) is 0. The van der Waals surface area contributed by atoms with Crippen LogP contribution in [-0.4, -0.2) is 0 Å². The lowest BCUT2D eigenvalue weighted by atomic mass is 9.94. The zero-order chi connectivity index (χ0) is 17.0. The van der Waals surface area contributed by atoms with E-state index in [9.17, 15) is 0 Å². The Labute approximate surface area is 147 Å². The Bertz CT molecular complexity index is 550. The highest BCUT2D eigenvalue weighted by molar-refractivity contribution is 5.16. The average molecular weight is 319 g/mol. The van der Waals surface area contributed by atoms with Gasteiger partial charge >= 0.3 is 0 Å². The lowest BCUT2D eigenvalue weighted by molar-refractivity contribution is 0.555. The molecule has 0 aliphatic rings. The van der Waals surface area contributed by atoms with Crippen molar-refractivity contribution in [2.45, 2.75) is 39.5 Å². The van der Waals surface area contributed by atoms with Gasteiger partial charge in [0.2, 0.25) is 0 Å². The lowest BCUT2D eigenvalue weighted by Gasteiger charge is -2.12. The van der Waals surface area contributed by atoms with Crippen molar-refractivity contribution in [2.24, 2.45) is 11.8 Å². The fourth-order valence-electron chi connectivity index (χ4n) is 2.76. The Morgan fingerprint density at radius 3 is 1.38 bits per heavy atom. The maximum Gasteiger partial charge on any atom is -0.0202 e. The molecule has 0 heteroatoms. The Morgan fingerprint density at radius 1 is 0.625 bits per heavy atom. The molecule has 0 bridgehead atoms. The molecule has 0 heterocycles. The zero-order valence-corrected chi connectivity index (χ0v) is 15.1. The van der Waals surface area contributed by atoms with Crippen molar-refractivity contribution < 1.29 is 0 Å². The lowest BCUT2D eigenvalue weighted by Crippen LogP contribution is -2.01. The first-order valence-electron chi connectivity index (χ1n) is 9.17. The molecule has 0 aliphatic heterocycles. The molecule has 2 atom stereocenters. The van der Waals surface area contributed by atoms with Gasteiger partial charge in [0.1, 0.15) is 0 Å². The third-order valence-corrected chi connectivity index (χ3v) is 4.59. The molecule has 2 rings (SSSR count). The predicted octanol–water partition coefficient (Wildman–Crippen LogP) is 6.64. The van der Waals surface area contributed by atoms with Gasteiger partial charge < -0.3 is 0 Å². The first-order valence-corrected chi connectivity index (χ1v) is 9.17. The highest BCUT2D eigenvalue weighted by Gasteiger charge is 2.04. The van der Waals surface area contributed by atoms with Gasteiger partial charge in [-0.15, -0.1) is 0 Å². The van der Waals surface area contributed by atoms with Gasteiger partial charge in [-0.05, 0) is 48.6 Å². The van der Waals surface area contributed by atoms with E-state index < -0.39 is 0 Å². The van der Waals surface area contributed by atoms with Crippen molar-refractivity contribution in [3.63, 3.8) is 0 Å². The van der Waals surface area contributed by atoms with Crippen LogP contribution in [-0.2, 0) is 12.8 Å². The molecule has 0 amide bonds. The van der Waals surface area contributed by atoms with Crippen LogP contribution in [0.1, 0.15) is 37.8 Å². The highest BCUT2D eigenvalue weighted by Crippen LogP contribution is 2.15. The number of rotatable bonds is 9. The van der Waals surface area contributed by atoms with Gasteiger partial charge in [0.15, 0.2) is 0 Å². The number of hydrogen-bond acceptors (Lipinski definition) is 0. The van der Waals surface area contributed by atoms with E-state index in [1.807, 2.05) is 0 Å². The minimum absolute atomic E-state index is 0.591. The fraction of sp³-hybridized carbons (Fsp3) is 0.333. The van der Waals surface area contributed by atoms with Crippen LogP contribution < -0.4 is 0 Å². The van der Waals surface area contributed by atoms with Crippen LogP contribution in [0.2, 0.25) is 0 Å². The van der Waals surface area contributed by atoms with E-state index in [2.05, 4.69) is 98.8 Å². The van der Waals surface area contributed by atoms with Crippen LogP contribution in [0.3, 0.4) is 0 Å². The monoisotopic (exact) mass is 318 g/mol. The van der Waals surface area contributed by atoms with E-state index in [-0.39, 0.29) is 0 Å². The highest BCUT2D eigenvalue weighted by atomic mass is 14.1. The quantitative estimate of drug-likeness (QED) is 0.455. The zero-order valence-electron chi connectivity index (χ0n) is 15.1. The summed E-state index contributed by atoms with van der Waals surface area (Å²) in [5.41, 5.74) is 2.84. The summed E-state index contributed by atoms with van der Waals surface area (Å²) in [4.78, 5) is 0. The molecule has 0 aliphatic carbocycles. The molecule has 0 radical (unpaired) electrons. The molecule has 0 aromatic heterocycles. The summed E-state index contributed by atoms with van der Waals surface area (Å²) >= 11 is 0. The number of aryl methyl sites for hydroxylation is 2. The van der Waals surface area contributed by atoms with Crippen LogP contribution in [0.25, 0.3) is 0 Å². The van der Waals surface area contributed by atoms with Gasteiger partial charge in [0.25, 0.3) is 0 Å². The third-order valence-electron chi connectivity index (χ3n) is 4.59. The molecule has 0 N–H and O–H groups in total. The van der Waals surface area contributed by atoms with Crippen LogP contribution in [0.15, 0.2) is 85.0 Å². The van der Waals surface area contributed by atoms with E-state index in [4.69, 9.17) is 0 Å². The summed E-state index contributed by atoms with van der Waals surface area (Å²) in [7, 11) is 0. The Morgan fingerprint density at radius 2 is 1.00 bits per heavy atom. The summed E-state index contributed by atoms with van der Waals surface area (Å²) in [6, 6.07) is 21.4. The summed E-state index contributed by atoms with van der Waals surface area (Å²) in [5.74, 6) is 1.18. The maximum atomic E-state index is 2.37. The molecular weight excluding hydrogens is 288 g/mol. The van der Waals surface area contributed by atoms with Gasteiger partial charge in [0, 0.05) is 0 Å². The third kappa shape index (κ3) is 7.00. The largest absolute Gasteiger partial charge is 0.0879 e. The second-order valence-electron chi connectivity index (χ2n) is 6.62. The Hall–Kier alpha value is -2.08. The van der Waals surface area contributed by atoms with E-state index in [1.165, 1.54) is 11.1 Å². The SMILES string of the molecule is CC(/C=C/CCc1ccccc1)C(C)/C=C/CCc1ccccc1. The molecule has 0 saturated heterocycles. The number of hydrogen-bond donors (Lipinski definition) is 0. The average Bonchev–Trinajstić information content (AvgIpc) is 2.63. The van der Waals surface area contributed by atoms with Gasteiger partial charge in [-0.25, -0.2) is 0 Å². The molecule has 0 nitrogen and oxygen atoms in total. The van der Waals surface area contributed by atoms with Crippen LogP contribution >= 0.6 is 0 Å². The van der Waals surface area contributed by atoms with Gasteiger partial charge in [0.05, 0.1) is 0 Å². The van der Waals surface area contributed by atoms with Crippen molar-refractivity contribution in [1.29, 1.82) is 0 Å². The predicted molar refractivity (Wildman–Crippen MR) is 106 cm³/mol. The summed E-state index contributed by atoms with van der Waals surface area (Å²) in [6.07, 6.45) is 13.9. The molecule has 2 aromatic rings. The second kappa shape index (κ2) is 10.6. The van der Waals surface area contributed by atoms with Gasteiger partial charge in [-0.1, -0.05) is 98.8 Å². The van der Waals surface area contributed by atoms with Crippen molar-refractivity contribution in [3.8, 4) is 0 Å². The maximum absolute atomic E-state index is 2.37. The molecule has 24 heavy (non-hydrogen) atoms. The topological polar surface area (TPSA) is 0 Å².